The fourth-order valence-corrected chi connectivity index (χ4v) is 2.38. The Hall–Kier alpha value is -2.53. The van der Waals surface area contributed by atoms with E-state index in [1.165, 1.54) is 6.20 Å². The molecule has 11 heteroatoms. The highest BCUT2D eigenvalue weighted by Gasteiger charge is 2.14. The van der Waals surface area contributed by atoms with E-state index in [1.54, 1.807) is 23.1 Å². The summed E-state index contributed by atoms with van der Waals surface area (Å²) >= 11 is 6.17. The Morgan fingerprint density at radius 2 is 2.33 bits per heavy atom. The van der Waals surface area contributed by atoms with Gasteiger partial charge in [0.25, 0.3) is 5.91 Å². The van der Waals surface area contributed by atoms with Gasteiger partial charge in [-0.05, 0) is 26.2 Å². The zero-order chi connectivity index (χ0) is 19.6. The lowest BCUT2D eigenvalue weighted by Gasteiger charge is -2.23. The van der Waals surface area contributed by atoms with Gasteiger partial charge in [-0.15, -0.1) is 0 Å². The van der Waals surface area contributed by atoms with Gasteiger partial charge in [0.05, 0.1) is 12.2 Å². The molecule has 0 saturated heterocycles. The van der Waals surface area contributed by atoms with Gasteiger partial charge in [-0.2, -0.15) is 10.1 Å². The first-order valence-corrected chi connectivity index (χ1v) is 8.56. The monoisotopic (exact) mass is 394 g/mol. The summed E-state index contributed by atoms with van der Waals surface area (Å²) in [7, 11) is 3.93. The third kappa shape index (κ3) is 6.94. The van der Waals surface area contributed by atoms with E-state index in [0.29, 0.717) is 23.3 Å². The van der Waals surface area contributed by atoms with Crippen LogP contribution >= 0.6 is 11.6 Å². The first-order chi connectivity index (χ1) is 13.0. The fourth-order valence-electron chi connectivity index (χ4n) is 2.20. The number of nitrogens with one attached hydrogen (secondary N) is 3. The van der Waals surface area contributed by atoms with Crippen molar-refractivity contribution in [2.24, 2.45) is 0 Å². The highest BCUT2D eigenvalue weighted by molar-refractivity contribution is 6.32. The normalized spacial score (nSPS) is 12.0. The van der Waals surface area contributed by atoms with Crippen molar-refractivity contribution in [3.05, 3.63) is 42.3 Å². The molecule has 0 saturated carbocycles. The molecule has 10 nitrogen and oxygen atoms in total. The minimum Gasteiger partial charge on any atom is -0.349 e. The van der Waals surface area contributed by atoms with Crippen molar-refractivity contribution in [1.29, 1.82) is 0 Å². The van der Waals surface area contributed by atoms with Crippen LogP contribution in [0.4, 0.5) is 5.95 Å². The first-order valence-electron chi connectivity index (χ1n) is 8.18. The number of rotatable bonds is 11. The minimum absolute atomic E-state index is 0.0228. The largest absolute Gasteiger partial charge is 0.349 e. The number of aromatic nitrogens is 4. The summed E-state index contributed by atoms with van der Waals surface area (Å²) in [5.74, 6) is 0.520. The SMILES string of the molecule is C=CC(=O)NOCNCC(CN(C)C)Nc1ncc(Cl)c(-n2cccn2)n1. The van der Waals surface area contributed by atoms with Gasteiger partial charge >= 0.3 is 0 Å². The molecule has 1 amide bonds. The maximum absolute atomic E-state index is 11.0. The average molecular weight is 395 g/mol. The lowest BCUT2D eigenvalue weighted by molar-refractivity contribution is -0.129. The van der Waals surface area contributed by atoms with E-state index in [1.807, 2.05) is 19.0 Å². The number of nitrogens with zero attached hydrogens (tertiary/aromatic N) is 5. The number of carbonyl (C=O) groups excluding carboxylic acids is 1. The Kier molecular flexibility index (Phi) is 8.14. The minimum atomic E-state index is -0.402. The molecule has 3 N–H and O–H groups in total. The lowest BCUT2D eigenvalue weighted by Crippen LogP contribution is -2.42. The molecule has 0 bridgehead atoms. The van der Waals surface area contributed by atoms with Crippen molar-refractivity contribution in [3.63, 3.8) is 0 Å². The van der Waals surface area contributed by atoms with Gasteiger partial charge in [-0.25, -0.2) is 15.1 Å². The second kappa shape index (κ2) is 10.6. The van der Waals surface area contributed by atoms with Crippen LogP contribution in [-0.2, 0) is 9.63 Å². The van der Waals surface area contributed by atoms with Crippen molar-refractivity contribution >= 4 is 23.5 Å². The van der Waals surface area contributed by atoms with Gasteiger partial charge in [-0.1, -0.05) is 18.2 Å². The molecule has 0 aliphatic rings. The van der Waals surface area contributed by atoms with Crippen LogP contribution < -0.4 is 16.1 Å². The second-order valence-corrected chi connectivity index (χ2v) is 6.24. The molecule has 1 atom stereocenters. The Balaban J connectivity index is 1.96. The standard InChI is InChI=1S/C16H23ClN8O2/c1-4-14(26)23-27-11-18-8-12(10-24(2)3)21-16-19-9-13(17)15(22-16)25-7-5-6-20-25/h4-7,9,12,18H,1,8,10-11H2,2-3H3,(H,23,26)(H,19,21,22). The topological polar surface area (TPSA) is 109 Å². The molecule has 1 unspecified atom stereocenters. The summed E-state index contributed by atoms with van der Waals surface area (Å²) < 4.78 is 1.57. The molecule has 0 radical (unpaired) electrons. The van der Waals surface area contributed by atoms with Crippen LogP contribution in [-0.4, -0.2) is 70.5 Å². The molecule has 2 heterocycles. The predicted molar refractivity (Wildman–Crippen MR) is 102 cm³/mol. The zero-order valence-electron chi connectivity index (χ0n) is 15.2. The van der Waals surface area contributed by atoms with Crippen LogP contribution in [0.15, 0.2) is 37.3 Å². The summed E-state index contributed by atoms with van der Waals surface area (Å²) in [6.07, 6.45) is 6.06. The molecule has 0 fully saturated rings. The van der Waals surface area contributed by atoms with Gasteiger partial charge in [0.15, 0.2) is 5.82 Å². The highest BCUT2D eigenvalue weighted by atomic mass is 35.5. The van der Waals surface area contributed by atoms with Crippen molar-refractivity contribution in [2.45, 2.75) is 6.04 Å². The molecule has 27 heavy (non-hydrogen) atoms. The Morgan fingerprint density at radius 3 is 3.00 bits per heavy atom. The third-order valence-corrected chi connectivity index (χ3v) is 3.56. The summed E-state index contributed by atoms with van der Waals surface area (Å²) in [6, 6.07) is 1.76. The molecule has 0 aromatic carbocycles. The number of hydrogen-bond donors (Lipinski definition) is 3. The van der Waals surface area contributed by atoms with Crippen LogP contribution in [0.25, 0.3) is 5.82 Å². The van der Waals surface area contributed by atoms with Gasteiger partial charge in [-0.3, -0.25) is 14.9 Å². The smallest absolute Gasteiger partial charge is 0.266 e. The number of hydrogen-bond acceptors (Lipinski definition) is 8. The number of hydroxylamine groups is 1. The van der Waals surface area contributed by atoms with E-state index in [-0.39, 0.29) is 12.8 Å². The molecule has 0 spiro atoms. The lowest BCUT2D eigenvalue weighted by atomic mass is 10.3. The van der Waals surface area contributed by atoms with Crippen molar-refractivity contribution < 1.29 is 9.63 Å². The number of halogens is 1. The molecular formula is C16H23ClN8O2. The van der Waals surface area contributed by atoms with Gasteiger partial charge in [0.2, 0.25) is 5.95 Å². The van der Waals surface area contributed by atoms with Crippen molar-refractivity contribution in [3.8, 4) is 5.82 Å². The van der Waals surface area contributed by atoms with Crippen LogP contribution in [0.5, 0.6) is 0 Å². The van der Waals surface area contributed by atoms with E-state index in [9.17, 15) is 4.79 Å². The summed E-state index contributed by atoms with van der Waals surface area (Å²) in [6.45, 7) is 4.75. The average Bonchev–Trinajstić information content (AvgIpc) is 3.16. The van der Waals surface area contributed by atoms with E-state index in [4.69, 9.17) is 16.4 Å². The maximum Gasteiger partial charge on any atom is 0.266 e. The predicted octanol–water partition coefficient (Wildman–Crippen LogP) is 0.439. The zero-order valence-corrected chi connectivity index (χ0v) is 16.0. The van der Waals surface area contributed by atoms with E-state index >= 15 is 0 Å². The number of anilines is 1. The molecule has 2 aromatic heterocycles. The molecular weight excluding hydrogens is 372 g/mol. The molecule has 2 aromatic rings. The highest BCUT2D eigenvalue weighted by Crippen LogP contribution is 2.18. The quantitative estimate of drug-likeness (QED) is 0.218. The summed E-state index contributed by atoms with van der Waals surface area (Å²) in [5, 5.41) is 10.9. The van der Waals surface area contributed by atoms with Gasteiger partial charge in [0.1, 0.15) is 11.8 Å². The maximum atomic E-state index is 11.0. The Labute approximate surface area is 162 Å². The van der Waals surface area contributed by atoms with Crippen molar-refractivity contribution in [1.82, 2.24) is 35.4 Å². The van der Waals surface area contributed by atoms with Crippen LogP contribution in [0.1, 0.15) is 0 Å². The molecule has 0 aliphatic heterocycles. The van der Waals surface area contributed by atoms with Crippen LogP contribution in [0.2, 0.25) is 5.02 Å². The Bertz CT molecular complexity index is 738. The number of likely N-dealkylation sites (N-methyl/N-ethyl adjacent to an activating group) is 1. The molecule has 0 aliphatic carbocycles. The third-order valence-electron chi connectivity index (χ3n) is 3.29. The fraction of sp³-hybridized carbons (Fsp3) is 0.375. The van der Waals surface area contributed by atoms with Gasteiger partial charge < -0.3 is 10.2 Å². The summed E-state index contributed by atoms with van der Waals surface area (Å²) in [5.41, 5.74) is 2.23. The molecule has 2 rings (SSSR count). The summed E-state index contributed by atoms with van der Waals surface area (Å²) in [4.78, 5) is 26.7. The van der Waals surface area contributed by atoms with Crippen LogP contribution in [0, 0.1) is 0 Å². The first kappa shape index (κ1) is 20.8. The second-order valence-electron chi connectivity index (χ2n) is 5.83. The Morgan fingerprint density at radius 1 is 1.52 bits per heavy atom. The van der Waals surface area contributed by atoms with Crippen molar-refractivity contribution in [2.75, 3.05) is 39.2 Å². The van der Waals surface area contributed by atoms with E-state index in [2.05, 4.69) is 37.8 Å². The molecule has 146 valence electrons. The number of amides is 1. The van der Waals surface area contributed by atoms with E-state index in [0.717, 1.165) is 12.6 Å². The van der Waals surface area contributed by atoms with Crippen LogP contribution in [0.3, 0.4) is 0 Å². The van der Waals surface area contributed by atoms with Gasteiger partial charge in [0, 0.05) is 25.5 Å². The number of carbonyl (C=O) groups is 1. The van der Waals surface area contributed by atoms with E-state index < -0.39 is 5.91 Å².